The Kier molecular flexibility index (Phi) is 8.35. The molecule has 0 saturated carbocycles. The molecule has 0 radical (unpaired) electrons. The number of hydrogen-bond acceptors (Lipinski definition) is 5. The second-order valence-corrected chi connectivity index (χ2v) is 9.70. The third-order valence-corrected chi connectivity index (χ3v) is 6.77. The zero-order valence-electron chi connectivity index (χ0n) is 20.6. The van der Waals surface area contributed by atoms with Crippen LogP contribution in [0, 0.1) is 5.92 Å². The van der Waals surface area contributed by atoms with Crippen molar-refractivity contribution in [2.45, 2.75) is 53.3 Å². The summed E-state index contributed by atoms with van der Waals surface area (Å²) in [5.74, 6) is -0.0941. The Morgan fingerprint density at radius 1 is 1.17 bits per heavy atom. The Labute approximate surface area is 208 Å². The second-order valence-electron chi connectivity index (χ2n) is 8.86. The van der Waals surface area contributed by atoms with E-state index in [1.807, 2.05) is 38.0 Å². The molecule has 2 aliphatic heterocycles. The Bertz CT molecular complexity index is 1060. The van der Waals surface area contributed by atoms with Gasteiger partial charge in [-0.3, -0.25) is 9.59 Å². The maximum atomic E-state index is 13.6. The minimum absolute atomic E-state index is 0.0711. The predicted molar refractivity (Wildman–Crippen MR) is 132 cm³/mol. The fourth-order valence-electron chi connectivity index (χ4n) is 4.04. The summed E-state index contributed by atoms with van der Waals surface area (Å²) >= 11 is 1.34. The molecule has 1 unspecified atom stereocenters. The Balaban J connectivity index is 2.05. The molecule has 190 valence electrons. The minimum Gasteiger partial charge on any atom is -0.356 e. The van der Waals surface area contributed by atoms with Crippen LogP contribution in [0.2, 0.25) is 0 Å². The molecule has 2 aliphatic rings. The fraction of sp³-hybridized carbons (Fsp3) is 0.480. The van der Waals surface area contributed by atoms with Crippen LogP contribution in [0.4, 0.5) is 13.2 Å². The van der Waals surface area contributed by atoms with E-state index < -0.39 is 17.8 Å². The summed E-state index contributed by atoms with van der Waals surface area (Å²) in [7, 11) is 0. The Morgan fingerprint density at radius 3 is 2.34 bits per heavy atom. The number of fused-ring (bicyclic) bond motifs is 1. The first-order valence-electron chi connectivity index (χ1n) is 11.6. The lowest BCUT2D eigenvalue weighted by atomic mass is 9.92. The summed E-state index contributed by atoms with van der Waals surface area (Å²) in [4.78, 5) is 34.3. The lowest BCUT2D eigenvalue weighted by molar-refractivity contribution is -0.137. The van der Waals surface area contributed by atoms with Gasteiger partial charge in [0.1, 0.15) is 0 Å². The average molecular weight is 509 g/mol. The van der Waals surface area contributed by atoms with Crippen molar-refractivity contribution in [3.05, 3.63) is 57.8 Å². The first-order valence-corrected chi connectivity index (χ1v) is 12.5. The molecule has 2 heterocycles. The average Bonchev–Trinajstić information content (AvgIpc) is 3.18. The number of carbonyl (C=O) groups excluding carboxylic acids is 2. The highest BCUT2D eigenvalue weighted by atomic mass is 32.2. The summed E-state index contributed by atoms with van der Waals surface area (Å²) in [5.41, 5.74) is 1.33. The number of hydrogen-bond donors (Lipinski definition) is 1. The number of benzene rings is 1. The van der Waals surface area contributed by atoms with Crippen LogP contribution in [-0.2, 0) is 15.8 Å². The first kappa shape index (κ1) is 26.8. The summed E-state index contributed by atoms with van der Waals surface area (Å²) in [5, 5.41) is 5.31. The number of thioether (sulfide) groups is 1. The van der Waals surface area contributed by atoms with E-state index in [2.05, 4.69) is 10.3 Å². The standard InChI is InChI=1S/C25H31F3N4O2S/c1-6-31(7-2)23(34)21-16(5)30-24-32(19(14-35-24)12-20(33)29-13-15(3)4)22(21)17-8-10-18(11-9-17)25(26,27)28/h8-11,14-15,22H,6-7,12-13H2,1-5H3,(H,29,33). The van der Waals surface area contributed by atoms with Crippen molar-refractivity contribution >= 4 is 28.7 Å². The van der Waals surface area contributed by atoms with E-state index in [0.29, 0.717) is 53.3 Å². The maximum Gasteiger partial charge on any atom is 0.416 e. The molecule has 2 amide bonds. The molecule has 0 spiro atoms. The smallest absolute Gasteiger partial charge is 0.356 e. The first-order chi connectivity index (χ1) is 16.5. The van der Waals surface area contributed by atoms with Gasteiger partial charge in [-0.15, -0.1) is 0 Å². The number of carbonyl (C=O) groups is 2. The third-order valence-electron chi connectivity index (χ3n) is 5.88. The third kappa shape index (κ3) is 5.91. The highest BCUT2D eigenvalue weighted by molar-refractivity contribution is 8.16. The molecule has 1 atom stereocenters. The van der Waals surface area contributed by atoms with Crippen LogP contribution in [0.5, 0.6) is 0 Å². The zero-order chi connectivity index (χ0) is 25.9. The topological polar surface area (TPSA) is 65.0 Å². The maximum absolute atomic E-state index is 13.6. The molecule has 10 heteroatoms. The number of amides is 2. The number of aliphatic imine (C=N–C) groups is 1. The van der Waals surface area contributed by atoms with Gasteiger partial charge >= 0.3 is 6.18 Å². The monoisotopic (exact) mass is 508 g/mol. The molecule has 0 bridgehead atoms. The lowest BCUT2D eigenvalue weighted by Gasteiger charge is -2.38. The van der Waals surface area contributed by atoms with E-state index in [4.69, 9.17) is 0 Å². The van der Waals surface area contributed by atoms with E-state index in [1.165, 1.54) is 23.9 Å². The number of halogens is 3. The van der Waals surface area contributed by atoms with Crippen LogP contribution in [-0.4, -0.2) is 46.4 Å². The van der Waals surface area contributed by atoms with Crippen molar-refractivity contribution in [1.82, 2.24) is 15.1 Å². The molecule has 0 aromatic heterocycles. The number of rotatable bonds is 8. The van der Waals surface area contributed by atoms with Crippen molar-refractivity contribution in [1.29, 1.82) is 0 Å². The Morgan fingerprint density at radius 2 is 1.80 bits per heavy atom. The van der Waals surface area contributed by atoms with Crippen molar-refractivity contribution in [3.63, 3.8) is 0 Å². The van der Waals surface area contributed by atoms with Crippen molar-refractivity contribution in [2.75, 3.05) is 19.6 Å². The van der Waals surface area contributed by atoms with Crippen LogP contribution in [0.3, 0.4) is 0 Å². The molecule has 6 nitrogen and oxygen atoms in total. The molecular weight excluding hydrogens is 477 g/mol. The quantitative estimate of drug-likeness (QED) is 0.517. The second kappa shape index (κ2) is 10.9. The van der Waals surface area contributed by atoms with E-state index >= 15 is 0 Å². The van der Waals surface area contributed by atoms with Crippen molar-refractivity contribution < 1.29 is 22.8 Å². The van der Waals surface area contributed by atoms with E-state index in [1.54, 1.807) is 11.8 Å². The minimum atomic E-state index is -4.47. The van der Waals surface area contributed by atoms with Gasteiger partial charge in [-0.25, -0.2) is 4.99 Å². The predicted octanol–water partition coefficient (Wildman–Crippen LogP) is 5.31. The molecule has 1 N–H and O–H groups in total. The summed E-state index contributed by atoms with van der Waals surface area (Å²) in [6, 6.07) is 4.16. The molecule has 0 fully saturated rings. The van der Waals surface area contributed by atoms with Crippen LogP contribution in [0.15, 0.2) is 51.6 Å². The van der Waals surface area contributed by atoms with Crippen molar-refractivity contribution in [2.24, 2.45) is 10.9 Å². The highest BCUT2D eigenvalue weighted by Crippen LogP contribution is 2.45. The normalized spacial score (nSPS) is 17.9. The van der Waals surface area contributed by atoms with Crippen LogP contribution in [0.1, 0.15) is 58.2 Å². The molecule has 1 aromatic rings. The number of nitrogens with one attached hydrogen (secondary N) is 1. The Hall–Kier alpha value is -2.75. The van der Waals surface area contributed by atoms with Gasteiger partial charge in [-0.1, -0.05) is 37.7 Å². The molecule has 1 aromatic carbocycles. The van der Waals surface area contributed by atoms with Gasteiger partial charge in [0.2, 0.25) is 5.91 Å². The van der Waals surface area contributed by atoms with Gasteiger partial charge in [-0.2, -0.15) is 13.2 Å². The van der Waals surface area contributed by atoms with Crippen molar-refractivity contribution in [3.8, 4) is 0 Å². The molecule has 0 aliphatic carbocycles. The zero-order valence-corrected chi connectivity index (χ0v) is 21.4. The van der Waals surface area contributed by atoms with E-state index in [0.717, 1.165) is 12.1 Å². The van der Waals surface area contributed by atoms with Crippen LogP contribution < -0.4 is 5.32 Å². The van der Waals surface area contributed by atoms with Gasteiger partial charge in [-0.05, 0) is 49.8 Å². The fourth-order valence-corrected chi connectivity index (χ4v) is 5.00. The van der Waals surface area contributed by atoms with E-state index in [9.17, 15) is 22.8 Å². The molecule has 0 saturated heterocycles. The summed E-state index contributed by atoms with van der Waals surface area (Å²) in [6.07, 6.45) is -4.39. The molecule has 35 heavy (non-hydrogen) atoms. The lowest BCUT2D eigenvalue weighted by Crippen LogP contribution is -2.42. The number of allylic oxidation sites excluding steroid dienone is 1. The molecular formula is C25H31F3N4O2S. The summed E-state index contributed by atoms with van der Waals surface area (Å²) in [6.45, 7) is 11.0. The SMILES string of the molecule is CCN(CC)C(=O)C1=C(C)N=C2SC=C(CC(=O)NCC(C)C)N2C1c1ccc(C(F)(F)F)cc1. The summed E-state index contributed by atoms with van der Waals surface area (Å²) < 4.78 is 39.7. The number of alkyl halides is 3. The molecule has 3 rings (SSSR count). The largest absolute Gasteiger partial charge is 0.416 e. The van der Waals surface area contributed by atoms with E-state index in [-0.39, 0.29) is 18.2 Å². The van der Waals surface area contributed by atoms with Gasteiger partial charge < -0.3 is 15.1 Å². The number of amidine groups is 1. The van der Waals surface area contributed by atoms with Crippen LogP contribution >= 0.6 is 11.8 Å². The van der Waals surface area contributed by atoms with Gasteiger partial charge in [0.15, 0.2) is 5.17 Å². The highest BCUT2D eigenvalue weighted by Gasteiger charge is 2.41. The van der Waals surface area contributed by atoms with Gasteiger partial charge in [0, 0.05) is 25.3 Å². The number of nitrogens with zero attached hydrogens (tertiary/aromatic N) is 3. The van der Waals surface area contributed by atoms with Crippen LogP contribution in [0.25, 0.3) is 0 Å². The number of likely N-dealkylation sites (N-methyl/N-ethyl adjacent to an activating group) is 1. The van der Waals surface area contributed by atoms with Gasteiger partial charge in [0.05, 0.1) is 29.3 Å². The van der Waals surface area contributed by atoms with Gasteiger partial charge in [0.25, 0.3) is 5.91 Å².